The number of aliphatic hydroxyl groups excluding tert-OH is 1. The van der Waals surface area contributed by atoms with Crippen LogP contribution in [-0.4, -0.2) is 33.4 Å². The molecule has 5 atom stereocenters. The third kappa shape index (κ3) is 9.80. The molecule has 0 amide bonds. The van der Waals surface area contributed by atoms with Gasteiger partial charge >= 0.3 is 5.97 Å². The van der Waals surface area contributed by atoms with Crippen LogP contribution in [0, 0.1) is 35.5 Å². The standard InChI is InChI=1S/C22H32O3.C2H4O2/c1-3-4-7-16(2)21(23)13-12-18-10-11-19-14-17(15-20(18)19)8-5-6-9-22(24)25;1-2(3)4/h8,12-13,16,18-21,23H,5-7,9-11,14-15H2,1-2H3,(H,24,25);1H3,(H,3,4)/b13-12+,17-8+;. The second-order valence-electron chi connectivity index (χ2n) is 8.22. The molecule has 0 aromatic carbocycles. The minimum Gasteiger partial charge on any atom is -0.481 e. The monoisotopic (exact) mass is 404 g/mol. The van der Waals surface area contributed by atoms with Gasteiger partial charge in [0.2, 0.25) is 0 Å². The van der Waals surface area contributed by atoms with E-state index in [-0.39, 0.29) is 12.3 Å². The molecule has 162 valence electrons. The van der Waals surface area contributed by atoms with Crippen LogP contribution in [0.15, 0.2) is 23.8 Å². The maximum absolute atomic E-state index is 10.6. The zero-order valence-corrected chi connectivity index (χ0v) is 17.9. The Bertz CT molecular complexity index is 648. The van der Waals surface area contributed by atoms with Crippen molar-refractivity contribution in [2.75, 3.05) is 0 Å². The van der Waals surface area contributed by atoms with Gasteiger partial charge in [0.15, 0.2) is 0 Å². The van der Waals surface area contributed by atoms with Crippen molar-refractivity contribution in [3.05, 3.63) is 23.8 Å². The van der Waals surface area contributed by atoms with Crippen molar-refractivity contribution in [2.45, 2.75) is 78.2 Å². The first-order valence-corrected chi connectivity index (χ1v) is 10.6. The lowest BCUT2D eigenvalue weighted by molar-refractivity contribution is -0.137. The molecule has 0 radical (unpaired) electrons. The van der Waals surface area contributed by atoms with Crippen LogP contribution in [0.25, 0.3) is 0 Å². The van der Waals surface area contributed by atoms with Crippen LogP contribution in [0.5, 0.6) is 0 Å². The van der Waals surface area contributed by atoms with E-state index in [4.69, 9.17) is 15.0 Å². The summed E-state index contributed by atoms with van der Waals surface area (Å²) in [5.74, 6) is 6.63. The first-order chi connectivity index (χ1) is 13.7. The third-order valence-corrected chi connectivity index (χ3v) is 5.82. The SMILES string of the molecule is CC#CCC(C)C(O)/C=C/C1CCC2C/C(=C\CCCC(=O)O)CC12.CC(=O)O. The number of carbonyl (C=O) groups is 2. The van der Waals surface area contributed by atoms with Gasteiger partial charge in [-0.2, -0.15) is 0 Å². The number of allylic oxidation sites excluding steroid dienone is 3. The summed E-state index contributed by atoms with van der Waals surface area (Å²) in [7, 11) is 0. The smallest absolute Gasteiger partial charge is 0.303 e. The number of hydrogen-bond donors (Lipinski definition) is 3. The Morgan fingerprint density at radius 2 is 1.93 bits per heavy atom. The zero-order chi connectivity index (χ0) is 21.8. The van der Waals surface area contributed by atoms with Crippen LogP contribution in [0.2, 0.25) is 0 Å². The highest BCUT2D eigenvalue weighted by molar-refractivity contribution is 5.66. The van der Waals surface area contributed by atoms with Crippen LogP contribution >= 0.6 is 0 Å². The van der Waals surface area contributed by atoms with E-state index in [1.807, 2.05) is 19.9 Å². The van der Waals surface area contributed by atoms with Crippen molar-refractivity contribution < 1.29 is 24.9 Å². The molecule has 2 aliphatic carbocycles. The first kappa shape index (κ1) is 25.0. The fourth-order valence-corrected chi connectivity index (χ4v) is 4.27. The number of rotatable bonds is 8. The first-order valence-electron chi connectivity index (χ1n) is 10.6. The normalized spacial score (nSPS) is 26.2. The van der Waals surface area contributed by atoms with Crippen molar-refractivity contribution in [1.29, 1.82) is 0 Å². The number of hydrogen-bond acceptors (Lipinski definition) is 3. The number of aliphatic hydroxyl groups is 1. The maximum Gasteiger partial charge on any atom is 0.303 e. The lowest BCUT2D eigenvalue weighted by Gasteiger charge is -2.17. The Morgan fingerprint density at radius 1 is 1.24 bits per heavy atom. The summed E-state index contributed by atoms with van der Waals surface area (Å²) >= 11 is 0. The molecule has 0 aliphatic heterocycles. The van der Waals surface area contributed by atoms with E-state index in [1.165, 1.54) is 24.8 Å². The summed E-state index contributed by atoms with van der Waals surface area (Å²) in [5, 5.41) is 26.4. The molecule has 3 N–H and O–H groups in total. The molecule has 0 spiro atoms. The van der Waals surface area contributed by atoms with Gasteiger partial charge in [-0.3, -0.25) is 9.59 Å². The minimum atomic E-state index is -0.833. The van der Waals surface area contributed by atoms with E-state index in [2.05, 4.69) is 24.0 Å². The molecule has 5 unspecified atom stereocenters. The summed E-state index contributed by atoms with van der Waals surface area (Å²) in [6, 6.07) is 0. The van der Waals surface area contributed by atoms with Gasteiger partial charge in [0.1, 0.15) is 0 Å². The van der Waals surface area contributed by atoms with Gasteiger partial charge in [-0.05, 0) is 69.1 Å². The molecule has 0 aromatic rings. The lowest BCUT2D eigenvalue weighted by Crippen LogP contribution is -2.15. The van der Waals surface area contributed by atoms with Crippen LogP contribution in [0.3, 0.4) is 0 Å². The average molecular weight is 405 g/mol. The highest BCUT2D eigenvalue weighted by Crippen LogP contribution is 2.50. The quantitative estimate of drug-likeness (QED) is 0.311. The van der Waals surface area contributed by atoms with Crippen molar-refractivity contribution in [3.8, 4) is 11.8 Å². The van der Waals surface area contributed by atoms with Crippen molar-refractivity contribution in [3.63, 3.8) is 0 Å². The summed E-state index contributed by atoms with van der Waals surface area (Å²) in [4.78, 5) is 19.6. The Labute approximate surface area is 174 Å². The Balaban J connectivity index is 0.000000960. The largest absolute Gasteiger partial charge is 0.481 e. The predicted octanol–water partition coefficient (Wildman–Crippen LogP) is 4.66. The molecule has 2 aliphatic rings. The Kier molecular flexibility index (Phi) is 11.4. The van der Waals surface area contributed by atoms with Gasteiger partial charge in [0, 0.05) is 19.8 Å². The van der Waals surface area contributed by atoms with Gasteiger partial charge in [0.25, 0.3) is 5.97 Å². The lowest BCUT2D eigenvalue weighted by atomic mass is 9.90. The van der Waals surface area contributed by atoms with E-state index in [9.17, 15) is 9.90 Å². The summed E-state index contributed by atoms with van der Waals surface area (Å²) in [6.07, 6.45) is 13.6. The second kappa shape index (κ2) is 13.2. The number of aliphatic carboxylic acids is 2. The third-order valence-electron chi connectivity index (χ3n) is 5.82. The average Bonchev–Trinajstić information content (AvgIpc) is 3.21. The van der Waals surface area contributed by atoms with Gasteiger partial charge in [-0.25, -0.2) is 0 Å². The molecule has 2 rings (SSSR count). The summed E-state index contributed by atoms with van der Waals surface area (Å²) in [5.41, 5.74) is 1.52. The maximum atomic E-state index is 10.6. The number of fused-ring (bicyclic) bond motifs is 1. The molecule has 29 heavy (non-hydrogen) atoms. The van der Waals surface area contributed by atoms with Gasteiger partial charge in [0.05, 0.1) is 6.10 Å². The van der Waals surface area contributed by atoms with E-state index < -0.39 is 18.0 Å². The second-order valence-corrected chi connectivity index (χ2v) is 8.22. The van der Waals surface area contributed by atoms with Gasteiger partial charge in [-0.15, -0.1) is 11.8 Å². The van der Waals surface area contributed by atoms with Gasteiger partial charge < -0.3 is 15.3 Å². The minimum absolute atomic E-state index is 0.175. The highest BCUT2D eigenvalue weighted by atomic mass is 16.4. The van der Waals surface area contributed by atoms with E-state index in [0.29, 0.717) is 11.8 Å². The topological polar surface area (TPSA) is 94.8 Å². The molecule has 2 saturated carbocycles. The molecule has 5 nitrogen and oxygen atoms in total. The fraction of sp³-hybridized carbons (Fsp3) is 0.667. The van der Waals surface area contributed by atoms with Crippen molar-refractivity contribution in [1.82, 2.24) is 0 Å². The zero-order valence-electron chi connectivity index (χ0n) is 17.9. The molecule has 2 fully saturated rings. The molecular formula is C24H36O5. The van der Waals surface area contributed by atoms with E-state index in [0.717, 1.165) is 38.5 Å². The Morgan fingerprint density at radius 3 is 2.55 bits per heavy atom. The van der Waals surface area contributed by atoms with Crippen molar-refractivity contribution in [2.24, 2.45) is 23.7 Å². The number of unbranched alkanes of at least 4 members (excludes halogenated alkanes) is 1. The highest BCUT2D eigenvalue weighted by Gasteiger charge is 2.39. The summed E-state index contributed by atoms with van der Waals surface area (Å²) in [6.45, 7) is 4.96. The molecule has 0 saturated heterocycles. The van der Waals surface area contributed by atoms with Crippen LogP contribution in [0.4, 0.5) is 0 Å². The van der Waals surface area contributed by atoms with E-state index in [1.54, 1.807) is 0 Å². The molecule has 0 heterocycles. The van der Waals surface area contributed by atoms with Gasteiger partial charge in [-0.1, -0.05) is 30.7 Å². The van der Waals surface area contributed by atoms with E-state index >= 15 is 0 Å². The number of carboxylic acid groups (broad SMARTS) is 2. The molecule has 5 heteroatoms. The molecule has 0 aromatic heterocycles. The predicted molar refractivity (Wildman–Crippen MR) is 114 cm³/mol. The van der Waals surface area contributed by atoms with Crippen molar-refractivity contribution >= 4 is 11.9 Å². The fourth-order valence-electron chi connectivity index (χ4n) is 4.27. The van der Waals surface area contributed by atoms with Crippen LogP contribution < -0.4 is 0 Å². The Hall–Kier alpha value is -2.06. The van der Waals surface area contributed by atoms with Crippen LogP contribution in [-0.2, 0) is 9.59 Å². The molecule has 0 bridgehead atoms. The summed E-state index contributed by atoms with van der Waals surface area (Å²) < 4.78 is 0. The molecular weight excluding hydrogens is 368 g/mol. The van der Waals surface area contributed by atoms with Crippen LogP contribution in [0.1, 0.15) is 72.1 Å². The number of carboxylic acids is 2.